The molecular weight excluding hydrogens is 360 g/mol. The summed E-state index contributed by atoms with van der Waals surface area (Å²) in [5.74, 6) is 1.50. The number of thiophene rings is 1. The second-order valence-electron chi connectivity index (χ2n) is 5.50. The molecule has 1 atom stereocenters. The van der Waals surface area contributed by atoms with Gasteiger partial charge in [0, 0.05) is 27.4 Å². The maximum Gasteiger partial charge on any atom is 0.172 e. The molecule has 1 aliphatic rings. The van der Waals surface area contributed by atoms with Crippen molar-refractivity contribution < 1.29 is 4.79 Å². The van der Waals surface area contributed by atoms with E-state index in [1.54, 1.807) is 47.4 Å². The first-order chi connectivity index (χ1) is 11.6. The smallest absolute Gasteiger partial charge is 0.172 e. The Kier molecular flexibility index (Phi) is 5.64. The first kappa shape index (κ1) is 17.5. The van der Waals surface area contributed by atoms with E-state index in [-0.39, 0.29) is 11.2 Å². The minimum absolute atomic E-state index is 0.0102. The van der Waals surface area contributed by atoms with Crippen LogP contribution >= 0.6 is 34.7 Å². The molecule has 1 aliphatic heterocycles. The second-order valence-corrected chi connectivity index (χ2v) is 8.14. The molecule has 1 N–H and O–H groups in total. The normalized spacial score (nSPS) is 16.3. The van der Waals surface area contributed by atoms with E-state index in [0.717, 1.165) is 18.7 Å². The van der Waals surface area contributed by atoms with Gasteiger partial charge in [0.25, 0.3) is 0 Å². The number of amidine groups is 1. The Hall–Kier alpha value is -1.30. The van der Waals surface area contributed by atoms with E-state index in [9.17, 15) is 4.79 Å². The molecule has 2 heterocycles. The number of fused-ring (bicyclic) bond motifs is 1. The van der Waals surface area contributed by atoms with E-state index in [1.165, 1.54) is 15.4 Å². The lowest BCUT2D eigenvalue weighted by Crippen LogP contribution is -2.17. The molecular formula is C18H19ClN2OS2. The minimum Gasteiger partial charge on any atom is -0.335 e. The number of hydrogen-bond donors (Lipinski definition) is 1. The van der Waals surface area contributed by atoms with Crippen molar-refractivity contribution in [3.05, 3.63) is 51.4 Å². The number of rotatable bonds is 6. The zero-order valence-corrected chi connectivity index (χ0v) is 16.0. The molecule has 0 spiro atoms. The van der Waals surface area contributed by atoms with Crippen molar-refractivity contribution in [1.82, 2.24) is 0 Å². The molecule has 0 saturated carbocycles. The Balaban J connectivity index is 1.74. The molecule has 3 rings (SSSR count). The van der Waals surface area contributed by atoms with Crippen LogP contribution in [0.5, 0.6) is 0 Å². The van der Waals surface area contributed by atoms with Crippen molar-refractivity contribution >= 4 is 51.3 Å². The van der Waals surface area contributed by atoms with Crippen molar-refractivity contribution in [2.24, 2.45) is 4.99 Å². The number of nitrogens with zero attached hydrogens (tertiary/aromatic N) is 1. The number of aryl methyl sites for hydroxylation is 1. The number of carbonyl (C=O) groups excluding carboxylic acids is 1. The standard InChI is InChI=1S/C18H19ClN2OS2/c1-3-13-9-14-17(20-16(4-2)21-18(14)24-13)23-10-15(22)11-5-7-12(19)8-6-11/h5-9,17H,3-4,10H2,1-2H3,(H,20,21). The number of nitrogens with one attached hydrogen (secondary N) is 1. The fourth-order valence-corrected chi connectivity index (χ4v) is 4.76. The van der Waals surface area contributed by atoms with Crippen molar-refractivity contribution in [2.45, 2.75) is 32.1 Å². The van der Waals surface area contributed by atoms with Gasteiger partial charge in [-0.2, -0.15) is 0 Å². The van der Waals surface area contributed by atoms with Gasteiger partial charge in [-0.15, -0.1) is 23.1 Å². The lowest BCUT2D eigenvalue weighted by molar-refractivity contribution is 0.102. The predicted octanol–water partition coefficient (Wildman–Crippen LogP) is 5.81. The highest BCUT2D eigenvalue weighted by atomic mass is 35.5. The molecule has 6 heteroatoms. The molecule has 24 heavy (non-hydrogen) atoms. The quantitative estimate of drug-likeness (QED) is 0.644. The van der Waals surface area contributed by atoms with Gasteiger partial charge in [0.15, 0.2) is 5.78 Å². The lowest BCUT2D eigenvalue weighted by Gasteiger charge is -2.21. The van der Waals surface area contributed by atoms with Crippen LogP contribution in [0.15, 0.2) is 35.3 Å². The molecule has 0 saturated heterocycles. The summed E-state index contributed by atoms with van der Waals surface area (Å²) in [7, 11) is 0. The fraction of sp³-hybridized carbons (Fsp3) is 0.333. The van der Waals surface area contributed by atoms with Gasteiger partial charge in [0.1, 0.15) is 16.2 Å². The zero-order chi connectivity index (χ0) is 17.1. The van der Waals surface area contributed by atoms with Crippen molar-refractivity contribution in [3.8, 4) is 0 Å². The third-order valence-corrected chi connectivity index (χ3v) is 6.40. The van der Waals surface area contributed by atoms with Crippen LogP contribution in [-0.4, -0.2) is 17.4 Å². The van der Waals surface area contributed by atoms with Crippen molar-refractivity contribution in [2.75, 3.05) is 11.1 Å². The number of Topliss-reactive ketones (excluding diaryl/α,β-unsaturated/α-hetero) is 1. The second kappa shape index (κ2) is 7.72. The first-order valence-electron chi connectivity index (χ1n) is 7.97. The summed E-state index contributed by atoms with van der Waals surface area (Å²) in [6.07, 6.45) is 1.88. The summed E-state index contributed by atoms with van der Waals surface area (Å²) in [5.41, 5.74) is 1.89. The summed E-state index contributed by atoms with van der Waals surface area (Å²) in [4.78, 5) is 18.5. The highest BCUT2D eigenvalue weighted by Gasteiger charge is 2.24. The van der Waals surface area contributed by atoms with E-state index >= 15 is 0 Å². The summed E-state index contributed by atoms with van der Waals surface area (Å²) in [6, 6.07) is 9.27. The Labute approximate surface area is 155 Å². The van der Waals surface area contributed by atoms with Gasteiger partial charge >= 0.3 is 0 Å². The van der Waals surface area contributed by atoms with Gasteiger partial charge < -0.3 is 5.32 Å². The number of anilines is 1. The molecule has 0 amide bonds. The van der Waals surface area contributed by atoms with E-state index in [2.05, 4.69) is 25.2 Å². The monoisotopic (exact) mass is 378 g/mol. The minimum atomic E-state index is -0.0102. The predicted molar refractivity (Wildman–Crippen MR) is 106 cm³/mol. The van der Waals surface area contributed by atoms with Gasteiger partial charge in [-0.25, -0.2) is 0 Å². The molecule has 1 aromatic heterocycles. The zero-order valence-electron chi connectivity index (χ0n) is 13.6. The molecule has 0 fully saturated rings. The van der Waals surface area contributed by atoms with Crippen molar-refractivity contribution in [3.63, 3.8) is 0 Å². The van der Waals surface area contributed by atoms with Crippen LogP contribution in [0.1, 0.15) is 46.4 Å². The van der Waals surface area contributed by atoms with Gasteiger partial charge in [0.05, 0.1) is 5.75 Å². The third-order valence-electron chi connectivity index (χ3n) is 3.83. The third kappa shape index (κ3) is 3.85. The van der Waals surface area contributed by atoms with Crippen LogP contribution in [0.4, 0.5) is 5.00 Å². The fourth-order valence-electron chi connectivity index (χ4n) is 2.47. The van der Waals surface area contributed by atoms with Crippen LogP contribution < -0.4 is 5.32 Å². The van der Waals surface area contributed by atoms with Crippen molar-refractivity contribution in [1.29, 1.82) is 0 Å². The van der Waals surface area contributed by atoms with Crippen LogP contribution in [0.25, 0.3) is 0 Å². The van der Waals surface area contributed by atoms with E-state index in [1.807, 2.05) is 0 Å². The lowest BCUT2D eigenvalue weighted by atomic mass is 10.1. The molecule has 0 aliphatic carbocycles. The van der Waals surface area contributed by atoms with E-state index in [0.29, 0.717) is 16.3 Å². The SMILES string of the molecule is CCC1=NC(SCC(=O)c2ccc(Cl)cc2)c2cc(CC)sc2N1. The summed E-state index contributed by atoms with van der Waals surface area (Å²) in [5, 5.41) is 5.22. The average Bonchev–Trinajstić information content (AvgIpc) is 3.03. The molecule has 3 nitrogen and oxygen atoms in total. The Morgan fingerprint density at radius 2 is 2.04 bits per heavy atom. The number of ketones is 1. The molecule has 0 bridgehead atoms. The number of carbonyl (C=O) groups is 1. The Morgan fingerprint density at radius 3 is 2.71 bits per heavy atom. The van der Waals surface area contributed by atoms with Crippen LogP contribution in [0.3, 0.4) is 0 Å². The van der Waals surface area contributed by atoms with Gasteiger partial charge in [-0.1, -0.05) is 25.4 Å². The number of hydrogen-bond acceptors (Lipinski definition) is 5. The topological polar surface area (TPSA) is 41.5 Å². The van der Waals surface area contributed by atoms with Gasteiger partial charge in [-0.3, -0.25) is 9.79 Å². The molecule has 1 aromatic carbocycles. The first-order valence-corrected chi connectivity index (χ1v) is 10.2. The highest BCUT2D eigenvalue weighted by molar-refractivity contribution is 8.00. The summed E-state index contributed by atoms with van der Waals surface area (Å²) >= 11 is 9.25. The summed E-state index contributed by atoms with van der Waals surface area (Å²) < 4.78 is 0. The highest BCUT2D eigenvalue weighted by Crippen LogP contribution is 2.43. The number of thioether (sulfide) groups is 1. The van der Waals surface area contributed by atoms with E-state index < -0.39 is 0 Å². The number of benzene rings is 1. The number of halogens is 1. The molecule has 0 radical (unpaired) electrons. The van der Waals surface area contributed by atoms with Crippen LogP contribution in [0.2, 0.25) is 5.02 Å². The molecule has 126 valence electrons. The maximum absolute atomic E-state index is 12.4. The largest absolute Gasteiger partial charge is 0.335 e. The van der Waals surface area contributed by atoms with E-state index in [4.69, 9.17) is 16.6 Å². The molecule has 1 unspecified atom stereocenters. The van der Waals surface area contributed by atoms with Crippen LogP contribution in [0, 0.1) is 0 Å². The Morgan fingerprint density at radius 1 is 1.29 bits per heavy atom. The summed E-state index contributed by atoms with van der Waals surface area (Å²) in [6.45, 7) is 4.25. The number of aliphatic imine (C=N–C) groups is 1. The Bertz CT molecular complexity index is 768. The van der Waals surface area contributed by atoms with Gasteiger partial charge in [0.2, 0.25) is 0 Å². The average molecular weight is 379 g/mol. The van der Waals surface area contributed by atoms with Gasteiger partial charge in [-0.05, 0) is 36.8 Å². The van der Waals surface area contributed by atoms with Crippen LogP contribution in [-0.2, 0) is 6.42 Å². The maximum atomic E-state index is 12.4. The molecule has 2 aromatic rings.